The highest BCUT2D eigenvalue weighted by Gasteiger charge is 2.33. The Labute approximate surface area is 177 Å². The molecule has 1 amide bonds. The van der Waals surface area contributed by atoms with Crippen molar-refractivity contribution in [3.05, 3.63) is 41.1 Å². The van der Waals surface area contributed by atoms with Gasteiger partial charge >= 0.3 is 5.97 Å². The molecule has 0 aromatic heterocycles. The van der Waals surface area contributed by atoms with Crippen molar-refractivity contribution in [1.82, 2.24) is 10.2 Å². The zero-order valence-electron chi connectivity index (χ0n) is 17.4. The first-order valence-electron chi connectivity index (χ1n) is 9.69. The Kier molecular flexibility index (Phi) is 8.60. The van der Waals surface area contributed by atoms with Crippen molar-refractivity contribution < 1.29 is 19.1 Å². The molecule has 0 spiro atoms. The minimum absolute atomic E-state index is 0.0261. The number of nitrogens with one attached hydrogen (secondary N) is 2. The number of thiocarbonyl (C=S) groups is 1. The molecule has 0 fully saturated rings. The second-order valence-electron chi connectivity index (χ2n) is 6.85. The van der Waals surface area contributed by atoms with Crippen LogP contribution in [-0.4, -0.2) is 49.3 Å². The summed E-state index contributed by atoms with van der Waals surface area (Å²) in [6.07, 6.45) is 2.28. The van der Waals surface area contributed by atoms with E-state index in [1.165, 1.54) is 0 Å². The monoisotopic (exact) mass is 419 g/mol. The summed E-state index contributed by atoms with van der Waals surface area (Å²) < 4.78 is 10.3. The number of allylic oxidation sites excluding steroid dienone is 1. The van der Waals surface area contributed by atoms with Gasteiger partial charge in [0.15, 0.2) is 5.11 Å². The van der Waals surface area contributed by atoms with E-state index in [4.69, 9.17) is 21.7 Å². The summed E-state index contributed by atoms with van der Waals surface area (Å²) in [7, 11) is 3.35. The molecule has 1 atom stereocenters. The smallest absolute Gasteiger partial charge is 0.338 e. The minimum atomic E-state index is -0.471. The molecule has 8 heteroatoms. The van der Waals surface area contributed by atoms with Crippen LogP contribution in [0.3, 0.4) is 0 Å². The maximum absolute atomic E-state index is 12.8. The van der Waals surface area contributed by atoms with E-state index in [-0.39, 0.29) is 12.5 Å². The number of unbranched alkanes of at least 4 members (excludes halogenated alkanes) is 1. The first kappa shape index (κ1) is 22.8. The lowest BCUT2D eigenvalue weighted by atomic mass is 9.95. The van der Waals surface area contributed by atoms with Crippen LogP contribution in [-0.2, 0) is 19.1 Å². The van der Waals surface area contributed by atoms with Crippen molar-refractivity contribution in [3.8, 4) is 0 Å². The molecule has 1 aliphatic heterocycles. The average Bonchev–Trinajstić information content (AvgIpc) is 2.70. The van der Waals surface area contributed by atoms with E-state index < -0.39 is 12.0 Å². The highest BCUT2D eigenvalue weighted by atomic mass is 32.1. The topological polar surface area (TPSA) is 79.9 Å². The molecular weight excluding hydrogens is 390 g/mol. The lowest BCUT2D eigenvalue weighted by molar-refractivity contribution is -0.140. The molecule has 0 bridgehead atoms. The van der Waals surface area contributed by atoms with E-state index in [1.807, 2.05) is 38.1 Å². The largest absolute Gasteiger partial charge is 0.460 e. The number of esters is 1. The number of rotatable bonds is 9. The molecule has 2 N–H and O–H groups in total. The fourth-order valence-corrected chi connectivity index (χ4v) is 3.26. The van der Waals surface area contributed by atoms with Gasteiger partial charge in [0.1, 0.15) is 6.61 Å². The molecular formula is C21H29N3O4S. The van der Waals surface area contributed by atoms with Gasteiger partial charge in [0.05, 0.1) is 18.2 Å². The second-order valence-corrected chi connectivity index (χ2v) is 7.23. The van der Waals surface area contributed by atoms with E-state index in [9.17, 15) is 9.59 Å². The van der Waals surface area contributed by atoms with Gasteiger partial charge in [-0.25, -0.2) is 4.79 Å². The Morgan fingerprint density at radius 1 is 1.31 bits per heavy atom. The van der Waals surface area contributed by atoms with Crippen LogP contribution in [0.1, 0.15) is 44.7 Å². The quantitative estimate of drug-likeness (QED) is 0.362. The molecule has 1 aromatic carbocycles. The number of benzene rings is 1. The van der Waals surface area contributed by atoms with Crippen molar-refractivity contribution >= 4 is 34.9 Å². The first-order valence-corrected chi connectivity index (χ1v) is 10.1. The fraction of sp³-hybridized carbons (Fsp3) is 0.476. The molecule has 0 unspecified atom stereocenters. The third kappa shape index (κ3) is 6.01. The summed E-state index contributed by atoms with van der Waals surface area (Å²) in [6.45, 7) is 4.37. The van der Waals surface area contributed by atoms with Crippen LogP contribution >= 0.6 is 12.2 Å². The van der Waals surface area contributed by atoms with Crippen LogP contribution < -0.4 is 10.6 Å². The van der Waals surface area contributed by atoms with Gasteiger partial charge in [-0.2, -0.15) is 0 Å². The molecule has 29 heavy (non-hydrogen) atoms. The van der Waals surface area contributed by atoms with Gasteiger partial charge in [0, 0.05) is 32.0 Å². The van der Waals surface area contributed by atoms with Crippen LogP contribution in [0.2, 0.25) is 0 Å². The summed E-state index contributed by atoms with van der Waals surface area (Å²) in [5, 5.41) is 6.63. The van der Waals surface area contributed by atoms with E-state index in [0.717, 1.165) is 24.1 Å². The minimum Gasteiger partial charge on any atom is -0.460 e. The standard InChI is InChI=1S/C21H29N3O4S/c1-5-6-10-17(25)22-16-9-7-8-15(13-16)19-18(20(26)28-12-11-27-4)14(2)24(3)21(29)23-19/h7-9,13,19H,5-6,10-12H2,1-4H3,(H,22,25)(H,23,29)/t19-/m1/s1. The number of carbonyl (C=O) groups is 2. The van der Waals surface area contributed by atoms with E-state index >= 15 is 0 Å². The Morgan fingerprint density at radius 3 is 2.76 bits per heavy atom. The number of nitrogens with zero attached hydrogens (tertiary/aromatic N) is 1. The number of ether oxygens (including phenoxy) is 2. The van der Waals surface area contributed by atoms with Gasteiger partial charge in [0.25, 0.3) is 0 Å². The molecule has 7 nitrogen and oxygen atoms in total. The zero-order valence-corrected chi connectivity index (χ0v) is 18.2. The summed E-state index contributed by atoms with van der Waals surface area (Å²) in [6, 6.07) is 6.94. The first-order chi connectivity index (χ1) is 13.9. The number of amides is 1. The van der Waals surface area contributed by atoms with Gasteiger partial charge in [-0.1, -0.05) is 25.5 Å². The molecule has 1 aromatic rings. The predicted octanol–water partition coefficient (Wildman–Crippen LogP) is 3.14. The molecule has 1 heterocycles. The van der Waals surface area contributed by atoms with Crippen LogP contribution in [0.5, 0.6) is 0 Å². The third-order valence-electron chi connectivity index (χ3n) is 4.76. The molecule has 0 aliphatic carbocycles. The van der Waals surface area contributed by atoms with Gasteiger partial charge in [-0.15, -0.1) is 0 Å². The van der Waals surface area contributed by atoms with E-state index in [0.29, 0.717) is 29.4 Å². The van der Waals surface area contributed by atoms with Gasteiger partial charge in [-0.3, -0.25) is 4.79 Å². The van der Waals surface area contributed by atoms with E-state index in [1.54, 1.807) is 19.1 Å². The van der Waals surface area contributed by atoms with Crippen LogP contribution in [0.15, 0.2) is 35.5 Å². The van der Waals surface area contributed by atoms with Crippen LogP contribution in [0, 0.1) is 0 Å². The number of hydrogen-bond acceptors (Lipinski definition) is 5. The lowest BCUT2D eigenvalue weighted by Gasteiger charge is -2.35. The zero-order chi connectivity index (χ0) is 21.4. The second kappa shape index (κ2) is 10.9. The number of methoxy groups -OCH3 is 1. The molecule has 0 radical (unpaired) electrons. The maximum atomic E-state index is 12.8. The Bertz CT molecular complexity index is 794. The Morgan fingerprint density at radius 2 is 2.07 bits per heavy atom. The van der Waals surface area contributed by atoms with Crippen LogP contribution in [0.25, 0.3) is 0 Å². The van der Waals surface area contributed by atoms with Crippen molar-refractivity contribution in [2.75, 3.05) is 32.7 Å². The Hall–Kier alpha value is -2.45. The van der Waals surface area contributed by atoms with Crippen LogP contribution in [0.4, 0.5) is 5.69 Å². The maximum Gasteiger partial charge on any atom is 0.338 e. The normalized spacial score (nSPS) is 16.5. The number of hydrogen-bond donors (Lipinski definition) is 2. The molecule has 158 valence electrons. The highest BCUT2D eigenvalue weighted by Crippen LogP contribution is 2.31. The highest BCUT2D eigenvalue weighted by molar-refractivity contribution is 7.80. The number of carbonyl (C=O) groups excluding carboxylic acids is 2. The van der Waals surface area contributed by atoms with Gasteiger partial charge in [-0.05, 0) is 43.3 Å². The Balaban J connectivity index is 2.29. The van der Waals surface area contributed by atoms with Crippen molar-refractivity contribution in [2.45, 2.75) is 39.2 Å². The summed E-state index contributed by atoms with van der Waals surface area (Å²) in [5.41, 5.74) is 2.69. The van der Waals surface area contributed by atoms with Gasteiger partial charge < -0.3 is 25.0 Å². The average molecular weight is 420 g/mol. The molecule has 1 aliphatic rings. The molecule has 0 saturated carbocycles. The third-order valence-corrected chi connectivity index (χ3v) is 5.15. The molecule has 2 rings (SSSR count). The summed E-state index contributed by atoms with van der Waals surface area (Å²) >= 11 is 5.42. The summed E-state index contributed by atoms with van der Waals surface area (Å²) in [5.74, 6) is -0.453. The number of anilines is 1. The molecule has 0 saturated heterocycles. The van der Waals surface area contributed by atoms with Gasteiger partial charge in [0.2, 0.25) is 5.91 Å². The fourth-order valence-electron chi connectivity index (χ4n) is 3.00. The predicted molar refractivity (Wildman–Crippen MR) is 116 cm³/mol. The lowest BCUT2D eigenvalue weighted by Crippen LogP contribution is -2.46. The SMILES string of the molecule is CCCCC(=O)Nc1cccc([C@H]2NC(=S)N(C)C(C)=C2C(=O)OCCOC)c1. The van der Waals surface area contributed by atoms with Crippen molar-refractivity contribution in [1.29, 1.82) is 0 Å². The van der Waals surface area contributed by atoms with E-state index in [2.05, 4.69) is 10.6 Å². The summed E-state index contributed by atoms with van der Waals surface area (Å²) in [4.78, 5) is 26.6. The van der Waals surface area contributed by atoms with Crippen molar-refractivity contribution in [2.24, 2.45) is 0 Å². The van der Waals surface area contributed by atoms with Crippen molar-refractivity contribution in [3.63, 3.8) is 0 Å².